The third-order valence-corrected chi connectivity index (χ3v) is 3.11. The van der Waals surface area contributed by atoms with E-state index in [2.05, 4.69) is 0 Å². The van der Waals surface area contributed by atoms with Gasteiger partial charge in [-0.05, 0) is 43.9 Å². The van der Waals surface area contributed by atoms with E-state index in [0.717, 1.165) is 30.6 Å². The van der Waals surface area contributed by atoms with Crippen LogP contribution < -0.4 is 39.6 Å². The van der Waals surface area contributed by atoms with Gasteiger partial charge in [-0.3, -0.25) is 0 Å². The number of aliphatic carboxylic acids is 1. The predicted molar refractivity (Wildman–Crippen MR) is 61.2 cm³/mol. The van der Waals surface area contributed by atoms with E-state index in [1.54, 1.807) is 0 Å². The minimum Gasteiger partial charge on any atom is -0.548 e. The maximum Gasteiger partial charge on any atom is 1.00 e. The van der Waals surface area contributed by atoms with E-state index in [0.29, 0.717) is 6.42 Å². The number of piperidine rings is 1. The Bertz CT molecular complexity index is 395. The Balaban J connectivity index is 0.00000144. The molecule has 0 radical (unpaired) electrons. The molecule has 0 bridgehead atoms. The van der Waals surface area contributed by atoms with E-state index in [1.807, 2.05) is 36.1 Å². The Morgan fingerprint density at radius 1 is 1.41 bits per heavy atom. The zero-order valence-corrected chi connectivity index (χ0v) is 12.5. The molecule has 0 saturated carbocycles. The molecule has 4 heteroatoms. The van der Waals surface area contributed by atoms with Crippen molar-refractivity contribution >= 4 is 11.7 Å². The van der Waals surface area contributed by atoms with Crippen LogP contribution in [0, 0.1) is 6.92 Å². The van der Waals surface area contributed by atoms with Crippen LogP contribution in [0.5, 0.6) is 0 Å². The minimum absolute atomic E-state index is 0. The van der Waals surface area contributed by atoms with Gasteiger partial charge in [-0.15, -0.1) is 0 Å². The molecule has 1 aliphatic heterocycles. The first-order valence-corrected chi connectivity index (χ1v) is 5.72. The van der Waals surface area contributed by atoms with Crippen molar-refractivity contribution in [2.45, 2.75) is 32.2 Å². The van der Waals surface area contributed by atoms with E-state index in [4.69, 9.17) is 0 Å². The zero-order valence-electron chi connectivity index (χ0n) is 10.5. The van der Waals surface area contributed by atoms with Crippen molar-refractivity contribution in [1.29, 1.82) is 0 Å². The predicted octanol–water partition coefficient (Wildman–Crippen LogP) is -1.89. The Morgan fingerprint density at radius 3 is 2.82 bits per heavy atom. The van der Waals surface area contributed by atoms with Crippen LogP contribution >= 0.6 is 0 Å². The first-order chi connectivity index (χ1) is 7.68. The Kier molecular flexibility index (Phi) is 5.50. The van der Waals surface area contributed by atoms with E-state index < -0.39 is 12.0 Å². The minimum atomic E-state index is -0.957. The fraction of sp³-hybridized carbons (Fsp3) is 0.462. The standard InChI is InChI=1S/C13H17NO2.Na/c1-10-5-4-6-11(9-10)14-8-3-2-7-12(14)13(15)16;/h4-6,9,12H,2-3,7-8H2,1H3,(H,15,16);/q;+1/p-1. The third kappa shape index (κ3) is 3.47. The third-order valence-electron chi connectivity index (χ3n) is 3.11. The van der Waals surface area contributed by atoms with Gasteiger partial charge in [0, 0.05) is 12.2 Å². The second-order valence-electron chi connectivity index (χ2n) is 4.36. The first-order valence-electron chi connectivity index (χ1n) is 5.72. The molecule has 0 N–H and O–H groups in total. The topological polar surface area (TPSA) is 43.4 Å². The van der Waals surface area contributed by atoms with E-state index in [9.17, 15) is 9.90 Å². The van der Waals surface area contributed by atoms with Crippen molar-refractivity contribution in [3.05, 3.63) is 29.8 Å². The molecule has 0 aliphatic carbocycles. The largest absolute Gasteiger partial charge is 1.00 e. The van der Waals surface area contributed by atoms with Crippen molar-refractivity contribution in [2.75, 3.05) is 11.4 Å². The van der Waals surface area contributed by atoms with Gasteiger partial charge < -0.3 is 14.8 Å². The SMILES string of the molecule is Cc1cccc(N2CCCCC2C(=O)[O-])c1.[Na+]. The number of rotatable bonds is 2. The van der Waals surface area contributed by atoms with Crippen molar-refractivity contribution in [3.8, 4) is 0 Å². The summed E-state index contributed by atoms with van der Waals surface area (Å²) in [7, 11) is 0. The van der Waals surface area contributed by atoms with Gasteiger partial charge in [0.25, 0.3) is 0 Å². The summed E-state index contributed by atoms with van der Waals surface area (Å²) in [5.74, 6) is -0.957. The summed E-state index contributed by atoms with van der Waals surface area (Å²) < 4.78 is 0. The fourth-order valence-electron chi connectivity index (χ4n) is 2.29. The van der Waals surface area contributed by atoms with Gasteiger partial charge in [0.15, 0.2) is 0 Å². The molecule has 1 aromatic carbocycles. The smallest absolute Gasteiger partial charge is 0.548 e. The molecule has 2 rings (SSSR count). The monoisotopic (exact) mass is 241 g/mol. The van der Waals surface area contributed by atoms with Gasteiger partial charge >= 0.3 is 29.6 Å². The molecule has 0 aromatic heterocycles. The van der Waals surface area contributed by atoms with Crippen LogP contribution in [0.15, 0.2) is 24.3 Å². The quantitative estimate of drug-likeness (QED) is 0.569. The molecule has 0 amide bonds. The van der Waals surface area contributed by atoms with E-state index >= 15 is 0 Å². The summed E-state index contributed by atoms with van der Waals surface area (Å²) >= 11 is 0. The molecule has 1 atom stereocenters. The van der Waals surface area contributed by atoms with Crippen LogP contribution in [0.1, 0.15) is 24.8 Å². The summed E-state index contributed by atoms with van der Waals surface area (Å²) in [5, 5.41) is 11.1. The molecule has 3 nitrogen and oxygen atoms in total. The van der Waals surface area contributed by atoms with E-state index in [1.165, 1.54) is 0 Å². The van der Waals surface area contributed by atoms with Gasteiger partial charge in [0.1, 0.15) is 0 Å². The van der Waals surface area contributed by atoms with Gasteiger partial charge in [0.05, 0.1) is 12.0 Å². The van der Waals surface area contributed by atoms with Crippen molar-refractivity contribution in [2.24, 2.45) is 0 Å². The van der Waals surface area contributed by atoms with Crippen LogP contribution in [0.4, 0.5) is 5.69 Å². The first kappa shape index (κ1) is 14.6. The molecule has 1 heterocycles. The maximum atomic E-state index is 11.1. The number of carbonyl (C=O) groups is 1. The number of aryl methyl sites for hydroxylation is 1. The van der Waals surface area contributed by atoms with Gasteiger partial charge in [-0.1, -0.05) is 12.1 Å². The summed E-state index contributed by atoms with van der Waals surface area (Å²) in [6.07, 6.45) is 2.72. The summed E-state index contributed by atoms with van der Waals surface area (Å²) in [6, 6.07) is 7.51. The number of anilines is 1. The molecule has 1 aromatic rings. The number of carboxylic acid groups (broad SMARTS) is 1. The van der Waals surface area contributed by atoms with Crippen molar-refractivity contribution < 1.29 is 39.5 Å². The fourth-order valence-corrected chi connectivity index (χ4v) is 2.29. The van der Waals surface area contributed by atoms with Crippen LogP contribution in [-0.4, -0.2) is 18.6 Å². The number of carboxylic acids is 1. The molecule has 1 aliphatic rings. The number of nitrogens with zero attached hydrogens (tertiary/aromatic N) is 1. The molecule has 86 valence electrons. The number of carbonyl (C=O) groups excluding carboxylic acids is 1. The summed E-state index contributed by atoms with van der Waals surface area (Å²) in [5.41, 5.74) is 2.15. The Hall–Kier alpha value is -0.510. The average Bonchev–Trinajstić information content (AvgIpc) is 2.29. The van der Waals surface area contributed by atoms with E-state index in [-0.39, 0.29) is 29.6 Å². The van der Waals surface area contributed by atoms with Gasteiger partial charge in [-0.2, -0.15) is 0 Å². The second kappa shape index (κ2) is 6.43. The molecule has 1 fully saturated rings. The Labute approximate surface area is 124 Å². The van der Waals surface area contributed by atoms with Gasteiger partial charge in [0.2, 0.25) is 0 Å². The van der Waals surface area contributed by atoms with Crippen molar-refractivity contribution in [3.63, 3.8) is 0 Å². The average molecular weight is 241 g/mol. The number of benzene rings is 1. The number of hydrogen-bond donors (Lipinski definition) is 0. The summed E-state index contributed by atoms with van der Waals surface area (Å²) in [6.45, 7) is 2.82. The maximum absolute atomic E-state index is 11.1. The molecular weight excluding hydrogens is 225 g/mol. The van der Waals surface area contributed by atoms with Crippen molar-refractivity contribution in [1.82, 2.24) is 0 Å². The molecule has 17 heavy (non-hydrogen) atoms. The zero-order chi connectivity index (χ0) is 11.5. The molecule has 0 spiro atoms. The van der Waals surface area contributed by atoms with Crippen LogP contribution in [0.3, 0.4) is 0 Å². The van der Waals surface area contributed by atoms with Crippen LogP contribution in [0.2, 0.25) is 0 Å². The van der Waals surface area contributed by atoms with Crippen LogP contribution in [0.25, 0.3) is 0 Å². The van der Waals surface area contributed by atoms with Crippen LogP contribution in [-0.2, 0) is 4.79 Å². The van der Waals surface area contributed by atoms with Gasteiger partial charge in [-0.25, -0.2) is 0 Å². The molecule has 1 unspecified atom stereocenters. The molecular formula is C13H16NNaO2. The summed E-state index contributed by atoms with van der Waals surface area (Å²) in [4.78, 5) is 13.0. The Morgan fingerprint density at radius 2 is 2.18 bits per heavy atom. The normalized spacial score (nSPS) is 19.6. The number of hydrogen-bond acceptors (Lipinski definition) is 3. The molecule has 1 saturated heterocycles. The second-order valence-corrected chi connectivity index (χ2v) is 4.36.